The van der Waals surface area contributed by atoms with Gasteiger partial charge in [-0.3, -0.25) is 4.99 Å². The van der Waals surface area contributed by atoms with Gasteiger partial charge in [0.2, 0.25) is 0 Å². The maximum atomic E-state index is 5.94. The van der Waals surface area contributed by atoms with Crippen molar-refractivity contribution in [2.45, 2.75) is 46.6 Å². The van der Waals surface area contributed by atoms with Crippen LogP contribution in [0.2, 0.25) is 0 Å². The molecular weight excluding hydrogens is 262 g/mol. The van der Waals surface area contributed by atoms with E-state index in [1.807, 2.05) is 24.3 Å². The molecule has 0 atom stereocenters. The molecule has 118 valence electrons. The standard InChI is InChI=1S/C17H29N3O/c1-17(2,3)11-7-8-12-19-16(18)20-15-10-6-5-9-14(15)13-21-4/h5-6,9-10H,7-8,11-13H2,1-4H3,(H3,18,19,20). The molecule has 1 aromatic rings. The predicted octanol–water partition coefficient (Wildman–Crippen LogP) is 3.78. The minimum atomic E-state index is 0.395. The maximum absolute atomic E-state index is 5.94. The number of unbranched alkanes of at least 4 members (excludes halogenated alkanes) is 1. The van der Waals surface area contributed by atoms with Gasteiger partial charge >= 0.3 is 0 Å². The third-order valence-corrected chi connectivity index (χ3v) is 3.20. The van der Waals surface area contributed by atoms with Crippen LogP contribution in [-0.4, -0.2) is 19.6 Å². The number of aliphatic imine (C=N–C) groups is 1. The number of hydrogen-bond donors (Lipinski definition) is 2. The van der Waals surface area contributed by atoms with Gasteiger partial charge in [-0.1, -0.05) is 45.4 Å². The third kappa shape index (κ3) is 7.71. The Morgan fingerprint density at radius 3 is 2.62 bits per heavy atom. The van der Waals surface area contributed by atoms with Crippen molar-refractivity contribution in [3.8, 4) is 0 Å². The number of para-hydroxylation sites is 1. The molecule has 4 heteroatoms. The van der Waals surface area contributed by atoms with Crippen LogP contribution in [0.5, 0.6) is 0 Å². The summed E-state index contributed by atoms with van der Waals surface area (Å²) in [5, 5.41) is 3.15. The zero-order valence-corrected chi connectivity index (χ0v) is 13.8. The molecule has 3 N–H and O–H groups in total. The first kappa shape index (κ1) is 17.5. The Bertz CT molecular complexity index is 450. The molecule has 0 bridgehead atoms. The maximum Gasteiger partial charge on any atom is 0.193 e. The van der Waals surface area contributed by atoms with E-state index in [2.05, 4.69) is 31.1 Å². The van der Waals surface area contributed by atoms with Crippen LogP contribution in [0, 0.1) is 5.41 Å². The number of benzene rings is 1. The zero-order chi connectivity index (χ0) is 15.7. The number of anilines is 1. The van der Waals surface area contributed by atoms with Crippen molar-refractivity contribution in [1.82, 2.24) is 0 Å². The van der Waals surface area contributed by atoms with E-state index in [9.17, 15) is 0 Å². The average molecular weight is 291 g/mol. The van der Waals surface area contributed by atoms with E-state index in [1.54, 1.807) is 7.11 Å². The van der Waals surface area contributed by atoms with Crippen LogP contribution in [0.4, 0.5) is 5.69 Å². The van der Waals surface area contributed by atoms with Crippen LogP contribution in [0.1, 0.15) is 45.6 Å². The fourth-order valence-electron chi connectivity index (χ4n) is 2.07. The monoisotopic (exact) mass is 291 g/mol. The number of nitrogens with one attached hydrogen (secondary N) is 1. The van der Waals surface area contributed by atoms with Gasteiger partial charge in [0.15, 0.2) is 5.96 Å². The van der Waals surface area contributed by atoms with E-state index in [0.29, 0.717) is 18.0 Å². The summed E-state index contributed by atoms with van der Waals surface area (Å²) in [6.07, 6.45) is 3.46. The number of rotatable bonds is 7. The lowest BCUT2D eigenvalue weighted by Crippen LogP contribution is -2.23. The Morgan fingerprint density at radius 2 is 1.95 bits per heavy atom. The van der Waals surface area contributed by atoms with Crippen LogP contribution >= 0.6 is 0 Å². The first-order valence-corrected chi connectivity index (χ1v) is 7.56. The van der Waals surface area contributed by atoms with E-state index in [4.69, 9.17) is 10.5 Å². The minimum Gasteiger partial charge on any atom is -0.380 e. The summed E-state index contributed by atoms with van der Waals surface area (Å²) in [6.45, 7) is 8.11. The molecule has 21 heavy (non-hydrogen) atoms. The Balaban J connectivity index is 2.42. The van der Waals surface area contributed by atoms with Crippen LogP contribution in [0.3, 0.4) is 0 Å². The van der Waals surface area contributed by atoms with Crippen molar-refractivity contribution in [3.63, 3.8) is 0 Å². The molecule has 0 unspecified atom stereocenters. The summed E-state index contributed by atoms with van der Waals surface area (Å²) >= 11 is 0. The molecule has 0 heterocycles. The van der Waals surface area contributed by atoms with Crippen molar-refractivity contribution >= 4 is 11.6 Å². The van der Waals surface area contributed by atoms with Gasteiger partial charge in [-0.15, -0.1) is 0 Å². The molecule has 0 saturated carbocycles. The van der Waals surface area contributed by atoms with Crippen molar-refractivity contribution in [2.75, 3.05) is 19.0 Å². The van der Waals surface area contributed by atoms with Gasteiger partial charge < -0.3 is 15.8 Å². The zero-order valence-electron chi connectivity index (χ0n) is 13.8. The molecule has 0 aliphatic carbocycles. The number of methoxy groups -OCH3 is 1. The van der Waals surface area contributed by atoms with Crippen molar-refractivity contribution in [2.24, 2.45) is 16.1 Å². The second-order valence-electron chi connectivity index (χ2n) is 6.50. The van der Waals surface area contributed by atoms with E-state index in [0.717, 1.165) is 24.2 Å². The van der Waals surface area contributed by atoms with Crippen molar-refractivity contribution in [3.05, 3.63) is 29.8 Å². The highest BCUT2D eigenvalue weighted by Gasteiger charge is 2.08. The molecule has 0 saturated heterocycles. The first-order valence-electron chi connectivity index (χ1n) is 7.56. The lowest BCUT2D eigenvalue weighted by Gasteiger charge is -2.17. The molecule has 0 spiro atoms. The summed E-state index contributed by atoms with van der Waals surface area (Å²) in [4.78, 5) is 4.38. The number of nitrogens with two attached hydrogens (primary N) is 1. The van der Waals surface area contributed by atoms with Crippen LogP contribution < -0.4 is 11.1 Å². The second-order valence-corrected chi connectivity index (χ2v) is 6.50. The molecule has 1 aromatic carbocycles. The molecule has 0 radical (unpaired) electrons. The molecule has 0 aliphatic heterocycles. The van der Waals surface area contributed by atoms with E-state index < -0.39 is 0 Å². The number of hydrogen-bond acceptors (Lipinski definition) is 2. The Morgan fingerprint density at radius 1 is 1.24 bits per heavy atom. The normalized spacial score (nSPS) is 12.5. The average Bonchev–Trinajstić information content (AvgIpc) is 2.39. The smallest absolute Gasteiger partial charge is 0.193 e. The Kier molecular flexibility index (Phi) is 7.23. The molecular formula is C17H29N3O. The first-order chi connectivity index (χ1) is 9.92. The van der Waals surface area contributed by atoms with Gasteiger partial charge in [0.25, 0.3) is 0 Å². The molecule has 4 nitrogen and oxygen atoms in total. The summed E-state index contributed by atoms with van der Waals surface area (Å²) in [7, 11) is 1.68. The number of nitrogens with zero attached hydrogens (tertiary/aromatic N) is 1. The lowest BCUT2D eigenvalue weighted by molar-refractivity contribution is 0.185. The topological polar surface area (TPSA) is 59.6 Å². The second kappa shape index (κ2) is 8.67. The molecule has 0 fully saturated rings. The summed E-state index contributed by atoms with van der Waals surface area (Å²) in [6, 6.07) is 7.95. The Hall–Kier alpha value is -1.55. The molecule has 0 amide bonds. The third-order valence-electron chi connectivity index (χ3n) is 3.20. The van der Waals surface area contributed by atoms with Crippen molar-refractivity contribution < 1.29 is 4.74 Å². The predicted molar refractivity (Wildman–Crippen MR) is 90.6 cm³/mol. The van der Waals surface area contributed by atoms with Gasteiger partial charge in [-0.25, -0.2) is 0 Å². The van der Waals surface area contributed by atoms with Crippen LogP contribution in [0.25, 0.3) is 0 Å². The highest BCUT2D eigenvalue weighted by molar-refractivity contribution is 5.92. The highest BCUT2D eigenvalue weighted by Crippen LogP contribution is 2.21. The quantitative estimate of drug-likeness (QED) is 0.456. The van der Waals surface area contributed by atoms with Crippen LogP contribution in [-0.2, 0) is 11.3 Å². The van der Waals surface area contributed by atoms with Gasteiger partial charge in [0.05, 0.1) is 6.61 Å². The summed E-state index contributed by atoms with van der Waals surface area (Å²) in [5.41, 5.74) is 8.36. The lowest BCUT2D eigenvalue weighted by atomic mass is 9.90. The van der Waals surface area contributed by atoms with E-state index >= 15 is 0 Å². The van der Waals surface area contributed by atoms with Crippen LogP contribution in [0.15, 0.2) is 29.3 Å². The van der Waals surface area contributed by atoms with E-state index in [-0.39, 0.29) is 0 Å². The molecule has 0 aromatic heterocycles. The number of ether oxygens (including phenoxy) is 1. The molecule has 0 aliphatic rings. The largest absolute Gasteiger partial charge is 0.380 e. The fraction of sp³-hybridized carbons (Fsp3) is 0.588. The van der Waals surface area contributed by atoms with Gasteiger partial charge in [-0.05, 0) is 24.3 Å². The number of guanidine groups is 1. The van der Waals surface area contributed by atoms with Gasteiger partial charge in [0.1, 0.15) is 0 Å². The van der Waals surface area contributed by atoms with Gasteiger partial charge in [-0.2, -0.15) is 0 Å². The van der Waals surface area contributed by atoms with Gasteiger partial charge in [0, 0.05) is 24.9 Å². The molecule has 1 rings (SSSR count). The highest BCUT2D eigenvalue weighted by atomic mass is 16.5. The summed E-state index contributed by atoms with van der Waals surface area (Å²) in [5.74, 6) is 0.467. The minimum absolute atomic E-state index is 0.395. The Labute approximate surface area is 128 Å². The fourth-order valence-corrected chi connectivity index (χ4v) is 2.07. The van der Waals surface area contributed by atoms with Crippen molar-refractivity contribution in [1.29, 1.82) is 0 Å². The SMILES string of the molecule is COCc1ccccc1NC(N)=NCCCCC(C)(C)C. The van der Waals surface area contributed by atoms with E-state index in [1.165, 1.54) is 12.8 Å². The summed E-state index contributed by atoms with van der Waals surface area (Å²) < 4.78 is 5.17.